The first-order chi connectivity index (χ1) is 11.7. The Morgan fingerprint density at radius 3 is 3.04 bits per heavy atom. The van der Waals surface area contributed by atoms with E-state index in [0.717, 1.165) is 47.4 Å². The van der Waals surface area contributed by atoms with E-state index in [9.17, 15) is 4.79 Å². The van der Waals surface area contributed by atoms with Gasteiger partial charge in [0.1, 0.15) is 0 Å². The van der Waals surface area contributed by atoms with Crippen molar-refractivity contribution in [3.8, 4) is 0 Å². The highest BCUT2D eigenvalue weighted by atomic mass is 32.2. The van der Waals surface area contributed by atoms with E-state index in [-0.39, 0.29) is 5.91 Å². The van der Waals surface area contributed by atoms with Gasteiger partial charge in [0.25, 0.3) is 0 Å². The largest absolute Gasteiger partial charge is 0.360 e. The monoisotopic (exact) mass is 362 g/mol. The molecule has 0 saturated carbocycles. The fraction of sp³-hybridized carbons (Fsp3) is 0.471. The number of rotatable bonds is 8. The number of aryl methyl sites for hydroxylation is 2. The smallest absolute Gasteiger partial charge is 0.234 e. The van der Waals surface area contributed by atoms with Crippen molar-refractivity contribution in [3.63, 3.8) is 0 Å². The van der Waals surface area contributed by atoms with E-state index < -0.39 is 0 Å². The van der Waals surface area contributed by atoms with Crippen molar-refractivity contribution in [1.29, 1.82) is 0 Å². The van der Waals surface area contributed by atoms with Gasteiger partial charge in [-0.1, -0.05) is 42.5 Å². The van der Waals surface area contributed by atoms with Crippen molar-refractivity contribution in [1.82, 2.24) is 10.2 Å². The maximum Gasteiger partial charge on any atom is 0.234 e. The van der Waals surface area contributed by atoms with Crippen molar-refractivity contribution in [2.24, 2.45) is 0 Å². The van der Waals surface area contributed by atoms with Crippen LogP contribution in [0.5, 0.6) is 0 Å². The minimum Gasteiger partial charge on any atom is -0.360 e. The summed E-state index contributed by atoms with van der Waals surface area (Å²) in [7, 11) is 0. The maximum absolute atomic E-state index is 12.1. The molecule has 0 aliphatic heterocycles. The zero-order valence-corrected chi connectivity index (χ0v) is 15.4. The summed E-state index contributed by atoms with van der Waals surface area (Å²) in [5.74, 6) is 0.342. The number of fused-ring (bicyclic) bond motifs is 1. The second kappa shape index (κ2) is 8.48. The number of nitrogens with zero attached hydrogens (tertiary/aromatic N) is 2. The first kappa shape index (κ1) is 17.2. The molecule has 3 rings (SSSR count). The normalized spacial score (nSPS) is 12.9. The molecule has 1 aliphatic carbocycles. The lowest BCUT2D eigenvalue weighted by Gasteiger charge is -2.06. The van der Waals surface area contributed by atoms with Gasteiger partial charge in [-0.05, 0) is 48.9 Å². The molecule has 1 amide bonds. The Bertz CT molecular complexity index is 702. The summed E-state index contributed by atoms with van der Waals surface area (Å²) in [5.41, 5.74) is 3.67. The topological polar surface area (TPSA) is 66.9 Å². The fourth-order valence-electron chi connectivity index (χ4n) is 2.69. The van der Waals surface area contributed by atoms with Crippen molar-refractivity contribution in [2.45, 2.75) is 43.4 Å². The zero-order chi connectivity index (χ0) is 16.8. The number of carbonyl (C=O) groups is 1. The van der Waals surface area contributed by atoms with Crippen LogP contribution in [0, 0.1) is 0 Å². The first-order valence-corrected chi connectivity index (χ1v) is 10.2. The van der Waals surface area contributed by atoms with E-state index in [0.29, 0.717) is 5.75 Å². The Morgan fingerprint density at radius 2 is 2.17 bits per heavy atom. The maximum atomic E-state index is 12.1. The number of hydrogen-bond acceptors (Lipinski definition) is 6. The van der Waals surface area contributed by atoms with E-state index in [4.69, 9.17) is 0 Å². The molecule has 1 aromatic carbocycles. The summed E-state index contributed by atoms with van der Waals surface area (Å²) in [6.45, 7) is 3.07. The third-order valence-corrected chi connectivity index (χ3v) is 5.94. The van der Waals surface area contributed by atoms with Crippen LogP contribution in [-0.2, 0) is 17.6 Å². The number of thioether (sulfide) groups is 1. The number of nitrogens with one attached hydrogen (secondary N) is 2. The van der Waals surface area contributed by atoms with Gasteiger partial charge >= 0.3 is 0 Å². The van der Waals surface area contributed by atoms with Gasteiger partial charge in [-0.3, -0.25) is 4.79 Å². The highest BCUT2D eigenvalue weighted by molar-refractivity contribution is 8.01. The first-order valence-electron chi connectivity index (χ1n) is 8.36. The molecule has 0 saturated heterocycles. The van der Waals surface area contributed by atoms with Crippen molar-refractivity contribution in [3.05, 3.63) is 29.3 Å². The average molecular weight is 363 g/mol. The van der Waals surface area contributed by atoms with Crippen LogP contribution in [0.25, 0.3) is 0 Å². The molecule has 0 bridgehead atoms. The van der Waals surface area contributed by atoms with E-state index in [1.807, 2.05) is 6.07 Å². The Morgan fingerprint density at radius 1 is 1.29 bits per heavy atom. The molecule has 7 heteroatoms. The minimum atomic E-state index is -0.00589. The van der Waals surface area contributed by atoms with Gasteiger partial charge in [0.05, 0.1) is 5.75 Å². The summed E-state index contributed by atoms with van der Waals surface area (Å²) >= 11 is 2.92. The van der Waals surface area contributed by atoms with Crippen molar-refractivity contribution in [2.75, 3.05) is 22.9 Å². The summed E-state index contributed by atoms with van der Waals surface area (Å²) in [5, 5.41) is 15.2. The summed E-state index contributed by atoms with van der Waals surface area (Å²) < 4.78 is 0.818. The molecule has 1 aliphatic rings. The van der Waals surface area contributed by atoms with Gasteiger partial charge in [0.2, 0.25) is 11.0 Å². The second-order valence-electron chi connectivity index (χ2n) is 5.83. The number of benzene rings is 1. The van der Waals surface area contributed by atoms with Crippen molar-refractivity contribution < 1.29 is 4.79 Å². The van der Waals surface area contributed by atoms with Crippen LogP contribution in [0.15, 0.2) is 22.5 Å². The molecule has 24 heavy (non-hydrogen) atoms. The quantitative estimate of drug-likeness (QED) is 0.549. The van der Waals surface area contributed by atoms with E-state index in [1.165, 1.54) is 40.6 Å². The predicted octanol–water partition coefficient (Wildman–Crippen LogP) is 3.97. The van der Waals surface area contributed by atoms with Crippen molar-refractivity contribution >= 4 is 39.8 Å². The molecule has 1 aromatic heterocycles. The van der Waals surface area contributed by atoms with Crippen LogP contribution in [-0.4, -0.2) is 28.4 Å². The highest BCUT2D eigenvalue weighted by Crippen LogP contribution is 2.27. The molecule has 0 fully saturated rings. The number of amides is 1. The summed E-state index contributed by atoms with van der Waals surface area (Å²) in [4.78, 5) is 12.1. The second-order valence-corrected chi connectivity index (χ2v) is 8.03. The number of hydrogen-bond donors (Lipinski definition) is 2. The number of anilines is 2. The van der Waals surface area contributed by atoms with Crippen LogP contribution >= 0.6 is 23.1 Å². The molecule has 0 radical (unpaired) electrons. The van der Waals surface area contributed by atoms with Gasteiger partial charge < -0.3 is 10.6 Å². The Hall–Kier alpha value is -1.60. The number of unbranched alkanes of at least 4 members (excludes halogenated alkanes) is 1. The Balaban J connectivity index is 1.45. The molecule has 128 valence electrons. The molecule has 2 aromatic rings. The number of aromatic nitrogens is 2. The molecule has 5 nitrogen and oxygen atoms in total. The van der Waals surface area contributed by atoms with Gasteiger partial charge in [0.15, 0.2) is 4.34 Å². The number of carbonyl (C=O) groups excluding carboxylic acids is 1. The lowest BCUT2D eigenvalue weighted by Crippen LogP contribution is -2.14. The third-order valence-electron chi connectivity index (χ3n) is 3.92. The molecular weight excluding hydrogens is 340 g/mol. The van der Waals surface area contributed by atoms with Gasteiger partial charge in [-0.2, -0.15) is 0 Å². The molecule has 0 atom stereocenters. The Labute approximate surface area is 150 Å². The molecule has 0 unspecified atom stereocenters. The lowest BCUT2D eigenvalue weighted by atomic mass is 10.1. The fourth-order valence-corrected chi connectivity index (χ4v) is 4.26. The molecular formula is C17H22N4OS2. The zero-order valence-electron chi connectivity index (χ0n) is 13.8. The average Bonchev–Trinajstić information content (AvgIpc) is 3.22. The standard InChI is InChI=1S/C17H22N4OS2/c1-2-3-9-18-16-20-21-17(24-16)23-11-15(22)19-14-8-7-12-5-4-6-13(12)10-14/h7-8,10H,2-6,9,11H2,1H3,(H,18,20)(H,19,22). The van der Waals surface area contributed by atoms with Crippen LogP contribution in [0.1, 0.15) is 37.3 Å². The van der Waals surface area contributed by atoms with E-state index >= 15 is 0 Å². The van der Waals surface area contributed by atoms with E-state index in [2.05, 4.69) is 39.9 Å². The van der Waals surface area contributed by atoms with Crippen LogP contribution in [0.4, 0.5) is 10.8 Å². The molecule has 1 heterocycles. The minimum absolute atomic E-state index is 0.00589. The van der Waals surface area contributed by atoms with Gasteiger partial charge in [0, 0.05) is 12.2 Å². The third kappa shape index (κ3) is 4.70. The molecule has 2 N–H and O–H groups in total. The summed E-state index contributed by atoms with van der Waals surface area (Å²) in [6.07, 6.45) is 5.76. The van der Waals surface area contributed by atoms with Crippen LogP contribution in [0.2, 0.25) is 0 Å². The van der Waals surface area contributed by atoms with Crippen LogP contribution in [0.3, 0.4) is 0 Å². The highest BCUT2D eigenvalue weighted by Gasteiger charge is 2.12. The lowest BCUT2D eigenvalue weighted by molar-refractivity contribution is -0.113. The van der Waals surface area contributed by atoms with Gasteiger partial charge in [-0.15, -0.1) is 10.2 Å². The van der Waals surface area contributed by atoms with E-state index in [1.54, 1.807) is 0 Å². The predicted molar refractivity (Wildman–Crippen MR) is 101 cm³/mol. The SMILES string of the molecule is CCCCNc1nnc(SCC(=O)Nc2ccc3c(c2)CCC3)s1. The Kier molecular flexibility index (Phi) is 6.09. The van der Waals surface area contributed by atoms with Crippen LogP contribution < -0.4 is 10.6 Å². The molecule has 0 spiro atoms. The van der Waals surface area contributed by atoms with Gasteiger partial charge in [-0.25, -0.2) is 0 Å². The summed E-state index contributed by atoms with van der Waals surface area (Å²) in [6, 6.07) is 6.23.